The van der Waals surface area contributed by atoms with Crippen molar-refractivity contribution >= 4 is 47.0 Å². The Balaban J connectivity index is -0.000000759. The number of aliphatic hydroxyl groups is 3. The summed E-state index contributed by atoms with van der Waals surface area (Å²) in [6, 6.07) is 0.303. The smallest absolute Gasteiger partial charge is 0.333 e. The van der Waals surface area contributed by atoms with Gasteiger partial charge in [0.25, 0.3) is 0 Å². The summed E-state index contributed by atoms with van der Waals surface area (Å²) in [4.78, 5) is 65.7. The lowest BCUT2D eigenvalue weighted by Crippen LogP contribution is -2.57. The van der Waals surface area contributed by atoms with E-state index in [1.165, 1.54) is 27.7 Å². The number of Topliss-reactive ketones (excluding diaryl/α,β-unsaturated/α-hetero) is 2. The van der Waals surface area contributed by atoms with Crippen LogP contribution in [0.4, 0.5) is 0 Å². The lowest BCUT2D eigenvalue weighted by molar-refractivity contribution is -0.377. The van der Waals surface area contributed by atoms with Crippen molar-refractivity contribution in [1.29, 1.82) is 0 Å². The number of halogens is 1. The SMILES string of the molecule is C=C(C)C(=O)OCC(=O)CO.C=C(C)C(=O)OCC(=O)COCOCC(C)(C)C.C=C(C)C(=O)OCC1(O)COC(O)(COC(=O)C(=C)C)CO1.CC(C)(C)COCCl. The number of ether oxygens (including phenoxy) is 9. The minimum absolute atomic E-state index is 0.0530. The Bertz CT molecular complexity index is 1350. The Labute approximate surface area is 352 Å². The monoisotopic (exact) mass is 868 g/mol. The lowest BCUT2D eigenvalue weighted by atomic mass is 9.99. The van der Waals surface area contributed by atoms with Crippen LogP contribution in [-0.4, -0.2) is 141 Å². The van der Waals surface area contributed by atoms with Crippen molar-refractivity contribution in [2.75, 3.05) is 78.9 Å². The lowest BCUT2D eigenvalue weighted by Gasteiger charge is -2.39. The molecule has 0 aromatic heterocycles. The zero-order valence-corrected chi connectivity index (χ0v) is 36.9. The standard InChI is InChI=1S/C14H20O8.C13H22O5.C7H10O4.C6H13ClO/c1-9(2)11(15)19-5-13(17)7-22-14(18,8-21-13)6-20-12(16)10(3)4;1-10(2)12(15)18-7-11(14)6-16-9-17-8-13(3,4)5;1-5(2)7(10)11-4-6(9)3-8;1-6(2,3)4-8-5-7/h17-18H,1,3,5-8H2,2,4H3;1,6-9H2,2-5H3;8H,1,3-4H2,2H3;4-5H2,1-3H3. The van der Waals surface area contributed by atoms with Crippen molar-refractivity contribution in [1.82, 2.24) is 0 Å². The molecule has 1 fully saturated rings. The van der Waals surface area contributed by atoms with Crippen LogP contribution in [0.1, 0.15) is 69.2 Å². The fourth-order valence-electron chi connectivity index (χ4n) is 2.88. The number of rotatable bonds is 20. The van der Waals surface area contributed by atoms with Gasteiger partial charge in [0.05, 0.1) is 13.2 Å². The van der Waals surface area contributed by atoms with Gasteiger partial charge in [-0.2, -0.15) is 0 Å². The van der Waals surface area contributed by atoms with E-state index in [0.29, 0.717) is 12.7 Å². The summed E-state index contributed by atoms with van der Waals surface area (Å²) in [6.07, 6.45) is 0. The van der Waals surface area contributed by atoms with Crippen LogP contribution >= 0.6 is 11.6 Å². The molecule has 0 amide bonds. The zero-order chi connectivity index (χ0) is 46.6. The normalized spacial score (nSPS) is 17.1. The predicted octanol–water partition coefficient (Wildman–Crippen LogP) is 3.27. The molecule has 1 heterocycles. The molecule has 1 aliphatic heterocycles. The highest BCUT2D eigenvalue weighted by Gasteiger charge is 2.44. The van der Waals surface area contributed by atoms with Crippen LogP contribution in [0.2, 0.25) is 0 Å². The fourth-order valence-corrected chi connectivity index (χ4v) is 2.96. The molecule has 1 saturated heterocycles. The maximum Gasteiger partial charge on any atom is 0.333 e. The van der Waals surface area contributed by atoms with Crippen molar-refractivity contribution in [2.24, 2.45) is 10.8 Å². The third kappa shape index (κ3) is 35.8. The summed E-state index contributed by atoms with van der Waals surface area (Å²) < 4.78 is 43.9. The van der Waals surface area contributed by atoms with Crippen LogP contribution in [0, 0.1) is 10.8 Å². The average Bonchev–Trinajstić information content (AvgIpc) is 3.14. The second-order valence-corrected chi connectivity index (χ2v) is 15.7. The maximum absolute atomic E-state index is 11.3. The van der Waals surface area contributed by atoms with Gasteiger partial charge in [0.2, 0.25) is 11.6 Å². The molecule has 0 spiro atoms. The topological polar surface area (TPSA) is 246 Å². The van der Waals surface area contributed by atoms with Gasteiger partial charge in [-0.05, 0) is 38.5 Å². The third-order valence-corrected chi connectivity index (χ3v) is 6.02. The zero-order valence-electron chi connectivity index (χ0n) is 36.2. The molecule has 2 unspecified atom stereocenters. The molecule has 18 nitrogen and oxygen atoms in total. The van der Waals surface area contributed by atoms with Crippen LogP contribution in [0.25, 0.3) is 0 Å². The average molecular weight is 869 g/mol. The Morgan fingerprint density at radius 2 is 0.915 bits per heavy atom. The van der Waals surface area contributed by atoms with E-state index in [-0.39, 0.29) is 65.5 Å². The molecule has 3 N–H and O–H groups in total. The molecule has 1 aliphatic rings. The number of esters is 4. The van der Waals surface area contributed by atoms with Gasteiger partial charge < -0.3 is 58.0 Å². The molecule has 59 heavy (non-hydrogen) atoms. The molecular formula is C40H65ClO18. The van der Waals surface area contributed by atoms with Gasteiger partial charge in [-0.3, -0.25) is 9.59 Å². The summed E-state index contributed by atoms with van der Waals surface area (Å²) in [5, 5.41) is 28.2. The highest BCUT2D eigenvalue weighted by atomic mass is 35.5. The van der Waals surface area contributed by atoms with E-state index in [0.717, 1.165) is 6.61 Å². The minimum Gasteiger partial charge on any atom is -0.457 e. The first kappa shape index (κ1) is 59.5. The molecule has 2 atom stereocenters. The molecule has 0 aromatic carbocycles. The number of ketones is 2. The van der Waals surface area contributed by atoms with E-state index in [2.05, 4.69) is 56.6 Å². The van der Waals surface area contributed by atoms with E-state index in [4.69, 9.17) is 49.9 Å². The largest absolute Gasteiger partial charge is 0.457 e. The summed E-state index contributed by atoms with van der Waals surface area (Å²) >= 11 is 5.29. The molecule has 1 rings (SSSR count). The van der Waals surface area contributed by atoms with E-state index >= 15 is 0 Å². The van der Waals surface area contributed by atoms with Crippen LogP contribution in [0.3, 0.4) is 0 Å². The summed E-state index contributed by atoms with van der Waals surface area (Å²) in [5.41, 5.74) is 1.14. The van der Waals surface area contributed by atoms with Gasteiger partial charge in [-0.15, -0.1) is 0 Å². The van der Waals surface area contributed by atoms with E-state index in [1.807, 2.05) is 20.8 Å². The highest BCUT2D eigenvalue weighted by molar-refractivity contribution is 6.17. The van der Waals surface area contributed by atoms with E-state index in [9.17, 15) is 39.0 Å². The Morgan fingerprint density at radius 3 is 1.20 bits per heavy atom. The number of carbonyl (C=O) groups excluding carboxylic acids is 6. The molecule has 0 aliphatic carbocycles. The molecule has 0 bridgehead atoms. The van der Waals surface area contributed by atoms with Gasteiger partial charge >= 0.3 is 23.9 Å². The first-order valence-electron chi connectivity index (χ1n) is 17.9. The molecule has 0 saturated carbocycles. The first-order valence-corrected chi connectivity index (χ1v) is 18.4. The van der Waals surface area contributed by atoms with Crippen LogP contribution in [-0.2, 0) is 71.4 Å². The van der Waals surface area contributed by atoms with Gasteiger partial charge in [-0.1, -0.05) is 79.5 Å². The first-order chi connectivity index (χ1) is 26.9. The van der Waals surface area contributed by atoms with Crippen molar-refractivity contribution in [3.63, 3.8) is 0 Å². The number of hydrogen-bond acceptors (Lipinski definition) is 18. The van der Waals surface area contributed by atoms with Crippen molar-refractivity contribution in [3.8, 4) is 0 Å². The highest BCUT2D eigenvalue weighted by Crippen LogP contribution is 2.23. The molecule has 0 aromatic rings. The van der Waals surface area contributed by atoms with Gasteiger partial charge in [0, 0.05) is 22.3 Å². The van der Waals surface area contributed by atoms with Crippen molar-refractivity contribution in [2.45, 2.75) is 80.8 Å². The molecule has 340 valence electrons. The Kier molecular flexibility index (Phi) is 30.5. The van der Waals surface area contributed by atoms with E-state index < -0.39 is 74.3 Å². The number of alkyl halides is 1. The Morgan fingerprint density at radius 1 is 0.576 bits per heavy atom. The quantitative estimate of drug-likeness (QED) is 0.0397. The van der Waals surface area contributed by atoms with E-state index in [1.54, 1.807) is 0 Å². The molecule has 0 radical (unpaired) electrons. The predicted molar refractivity (Wildman–Crippen MR) is 214 cm³/mol. The second-order valence-electron chi connectivity index (χ2n) is 15.5. The second kappa shape index (κ2) is 30.2. The summed E-state index contributed by atoms with van der Waals surface area (Å²) in [6.45, 7) is 29.8. The molecule has 19 heteroatoms. The van der Waals surface area contributed by atoms with Crippen molar-refractivity contribution < 1.29 is 86.7 Å². The Hall–Kier alpha value is -3.85. The number of aliphatic hydroxyl groups excluding tert-OH is 1. The minimum atomic E-state index is -1.89. The van der Waals surface area contributed by atoms with Gasteiger partial charge in [0.1, 0.15) is 52.5 Å². The van der Waals surface area contributed by atoms with Gasteiger partial charge in [0.15, 0.2) is 24.8 Å². The fraction of sp³-hybridized carbons (Fsp3) is 0.650. The van der Waals surface area contributed by atoms with Gasteiger partial charge in [-0.25, -0.2) is 19.2 Å². The third-order valence-electron chi connectivity index (χ3n) is 5.87. The molecular weight excluding hydrogens is 804 g/mol. The number of carbonyl (C=O) groups is 6. The maximum atomic E-state index is 11.3. The van der Waals surface area contributed by atoms with Crippen LogP contribution in [0.5, 0.6) is 0 Å². The number of hydrogen-bond donors (Lipinski definition) is 3. The van der Waals surface area contributed by atoms with Crippen LogP contribution in [0.15, 0.2) is 48.6 Å². The van der Waals surface area contributed by atoms with Crippen LogP contribution < -0.4 is 0 Å². The summed E-state index contributed by atoms with van der Waals surface area (Å²) in [5.74, 6) is -7.20. The van der Waals surface area contributed by atoms with Crippen molar-refractivity contribution in [3.05, 3.63) is 48.6 Å². The summed E-state index contributed by atoms with van der Waals surface area (Å²) in [7, 11) is 0.